The van der Waals surface area contributed by atoms with Crippen LogP contribution in [-0.2, 0) is 20.9 Å². The van der Waals surface area contributed by atoms with Crippen LogP contribution in [0.4, 0.5) is 0 Å². The average Bonchev–Trinajstić information content (AvgIpc) is 2.78. The minimum absolute atomic E-state index is 0.299. The number of nitrogens with zero attached hydrogens (tertiary/aromatic N) is 1. The van der Waals surface area contributed by atoms with E-state index in [0.29, 0.717) is 23.6 Å². The Bertz CT molecular complexity index is 937. The number of carbonyl (C=O) groups excluding carboxylic acids is 3. The number of esters is 1. The Labute approximate surface area is 188 Å². The molecule has 0 bridgehead atoms. The highest BCUT2D eigenvalue weighted by atomic mass is 16.5. The van der Waals surface area contributed by atoms with Crippen molar-refractivity contribution in [1.29, 1.82) is 0 Å². The molecule has 0 aliphatic heterocycles. The molecule has 0 aliphatic rings. The van der Waals surface area contributed by atoms with E-state index >= 15 is 0 Å². The van der Waals surface area contributed by atoms with Crippen molar-refractivity contribution in [2.24, 2.45) is 0 Å². The number of carbonyl (C=O) groups is 3. The normalized spacial score (nSPS) is 10.8. The first kappa shape index (κ1) is 24.7. The molecule has 2 amide bonds. The number of rotatable bonds is 9. The molecule has 0 atom stereocenters. The Hall–Kier alpha value is -3.55. The summed E-state index contributed by atoms with van der Waals surface area (Å²) in [5, 5.41) is 2.48. The molecule has 0 fully saturated rings. The van der Waals surface area contributed by atoms with E-state index in [-0.39, 0.29) is 12.5 Å². The predicted molar refractivity (Wildman–Crippen MR) is 120 cm³/mol. The Morgan fingerprint density at radius 3 is 2.19 bits per heavy atom. The van der Waals surface area contributed by atoms with E-state index in [1.54, 1.807) is 17.0 Å². The van der Waals surface area contributed by atoms with E-state index in [0.717, 1.165) is 5.56 Å². The molecule has 0 aromatic heterocycles. The highest BCUT2D eigenvalue weighted by Gasteiger charge is 2.27. The average molecular weight is 443 g/mol. The summed E-state index contributed by atoms with van der Waals surface area (Å²) in [6.45, 7) is 5.37. The molecule has 172 valence electrons. The Balaban J connectivity index is 1.89. The molecule has 8 heteroatoms. The summed E-state index contributed by atoms with van der Waals surface area (Å²) in [4.78, 5) is 38.8. The van der Waals surface area contributed by atoms with Gasteiger partial charge >= 0.3 is 5.97 Å². The van der Waals surface area contributed by atoms with Gasteiger partial charge in [-0.15, -0.1) is 0 Å². The maximum absolute atomic E-state index is 12.7. The fourth-order valence-electron chi connectivity index (χ4n) is 2.97. The van der Waals surface area contributed by atoms with Gasteiger partial charge in [0.2, 0.25) is 0 Å². The fourth-order valence-corrected chi connectivity index (χ4v) is 2.97. The van der Waals surface area contributed by atoms with Crippen molar-refractivity contribution in [3.63, 3.8) is 0 Å². The third-order valence-corrected chi connectivity index (χ3v) is 4.69. The molecule has 0 saturated heterocycles. The zero-order valence-electron chi connectivity index (χ0n) is 19.1. The van der Waals surface area contributed by atoms with Gasteiger partial charge in [-0.2, -0.15) is 0 Å². The second kappa shape index (κ2) is 11.2. The van der Waals surface area contributed by atoms with Crippen molar-refractivity contribution >= 4 is 17.8 Å². The fraction of sp³-hybridized carbons (Fsp3) is 0.375. The molecule has 0 heterocycles. The van der Waals surface area contributed by atoms with Gasteiger partial charge in [0.1, 0.15) is 6.54 Å². The van der Waals surface area contributed by atoms with Gasteiger partial charge in [-0.05, 0) is 44.5 Å². The monoisotopic (exact) mass is 442 g/mol. The zero-order valence-corrected chi connectivity index (χ0v) is 19.1. The summed E-state index contributed by atoms with van der Waals surface area (Å²) < 4.78 is 15.4. The van der Waals surface area contributed by atoms with Crippen molar-refractivity contribution in [3.8, 4) is 11.5 Å². The zero-order chi connectivity index (χ0) is 23.7. The molecule has 0 saturated carbocycles. The number of ether oxygens (including phenoxy) is 3. The van der Waals surface area contributed by atoms with Gasteiger partial charge in [0.25, 0.3) is 11.8 Å². The van der Waals surface area contributed by atoms with E-state index in [9.17, 15) is 14.4 Å². The highest BCUT2D eigenvalue weighted by molar-refractivity contribution is 5.96. The van der Waals surface area contributed by atoms with Crippen molar-refractivity contribution in [1.82, 2.24) is 10.2 Å². The van der Waals surface area contributed by atoms with Crippen molar-refractivity contribution in [2.45, 2.75) is 32.9 Å². The smallest absolute Gasteiger partial charge is 0.325 e. The van der Waals surface area contributed by atoms with Gasteiger partial charge in [-0.1, -0.05) is 30.3 Å². The summed E-state index contributed by atoms with van der Waals surface area (Å²) in [5.74, 6) is -0.619. The third-order valence-electron chi connectivity index (χ3n) is 4.69. The van der Waals surface area contributed by atoms with Crippen LogP contribution in [0.15, 0.2) is 48.5 Å². The number of hydrogen-bond acceptors (Lipinski definition) is 6. The minimum atomic E-state index is -0.708. The number of benzene rings is 2. The summed E-state index contributed by atoms with van der Waals surface area (Å²) in [6, 6.07) is 14.2. The SMILES string of the molecule is COc1ccc(C(=O)NCC(=O)OCC(=O)N(Cc2ccccc2)C(C)(C)C)cc1OC. The van der Waals surface area contributed by atoms with Gasteiger partial charge in [0.15, 0.2) is 18.1 Å². The molecule has 1 N–H and O–H groups in total. The maximum Gasteiger partial charge on any atom is 0.325 e. The van der Waals surface area contributed by atoms with E-state index in [1.807, 2.05) is 51.1 Å². The van der Waals surface area contributed by atoms with E-state index < -0.39 is 24.0 Å². The number of hydrogen-bond donors (Lipinski definition) is 1. The molecule has 0 unspecified atom stereocenters. The molecule has 2 aromatic carbocycles. The molecular weight excluding hydrogens is 412 g/mol. The lowest BCUT2D eigenvalue weighted by Crippen LogP contribution is -2.47. The first-order valence-corrected chi connectivity index (χ1v) is 10.2. The van der Waals surface area contributed by atoms with Crippen LogP contribution in [0.1, 0.15) is 36.7 Å². The van der Waals surface area contributed by atoms with Crippen LogP contribution in [0.5, 0.6) is 11.5 Å². The molecule has 8 nitrogen and oxygen atoms in total. The number of nitrogens with one attached hydrogen (secondary N) is 1. The Kier molecular flexibility index (Phi) is 8.63. The summed E-state index contributed by atoms with van der Waals surface area (Å²) in [7, 11) is 2.96. The molecule has 2 rings (SSSR count). The second-order valence-corrected chi connectivity index (χ2v) is 8.05. The Morgan fingerprint density at radius 2 is 1.59 bits per heavy atom. The van der Waals surface area contributed by atoms with Crippen LogP contribution in [0, 0.1) is 0 Å². The maximum atomic E-state index is 12.7. The van der Waals surface area contributed by atoms with Crippen molar-refractivity contribution in [3.05, 3.63) is 59.7 Å². The summed E-state index contributed by atoms with van der Waals surface area (Å²) >= 11 is 0. The summed E-state index contributed by atoms with van der Waals surface area (Å²) in [5.41, 5.74) is 0.818. The second-order valence-electron chi connectivity index (χ2n) is 8.05. The lowest BCUT2D eigenvalue weighted by atomic mass is 10.0. The van der Waals surface area contributed by atoms with Crippen LogP contribution < -0.4 is 14.8 Å². The van der Waals surface area contributed by atoms with Crippen LogP contribution in [0.3, 0.4) is 0 Å². The molecular formula is C24H30N2O6. The standard InChI is InChI=1S/C24H30N2O6/c1-24(2,3)26(15-17-9-7-6-8-10-17)21(27)16-32-22(28)14-25-23(29)18-11-12-19(30-4)20(13-18)31-5/h6-13H,14-16H2,1-5H3,(H,25,29). The van der Waals surface area contributed by atoms with Gasteiger partial charge in [-0.3, -0.25) is 14.4 Å². The van der Waals surface area contributed by atoms with Crippen LogP contribution in [0.25, 0.3) is 0 Å². The molecule has 0 radical (unpaired) electrons. The van der Waals surface area contributed by atoms with Crippen LogP contribution in [0.2, 0.25) is 0 Å². The first-order valence-electron chi connectivity index (χ1n) is 10.2. The van der Waals surface area contributed by atoms with E-state index in [1.165, 1.54) is 20.3 Å². The van der Waals surface area contributed by atoms with Gasteiger partial charge in [0.05, 0.1) is 14.2 Å². The first-order chi connectivity index (χ1) is 15.2. The molecule has 0 aliphatic carbocycles. The van der Waals surface area contributed by atoms with Crippen molar-refractivity contribution in [2.75, 3.05) is 27.4 Å². The molecule has 2 aromatic rings. The van der Waals surface area contributed by atoms with Crippen LogP contribution in [-0.4, -0.2) is 55.6 Å². The van der Waals surface area contributed by atoms with E-state index in [2.05, 4.69) is 5.32 Å². The lowest BCUT2D eigenvalue weighted by Gasteiger charge is -2.35. The summed E-state index contributed by atoms with van der Waals surface area (Å²) in [6.07, 6.45) is 0. The third kappa shape index (κ3) is 7.01. The van der Waals surface area contributed by atoms with Crippen molar-refractivity contribution < 1.29 is 28.6 Å². The largest absolute Gasteiger partial charge is 0.493 e. The molecule has 0 spiro atoms. The topological polar surface area (TPSA) is 94.2 Å². The number of amides is 2. The predicted octanol–water partition coefficient (Wildman–Crippen LogP) is 2.80. The lowest BCUT2D eigenvalue weighted by molar-refractivity contribution is -0.153. The Morgan fingerprint density at radius 1 is 0.938 bits per heavy atom. The highest BCUT2D eigenvalue weighted by Crippen LogP contribution is 2.27. The van der Waals surface area contributed by atoms with Gasteiger partial charge < -0.3 is 24.4 Å². The van der Waals surface area contributed by atoms with Gasteiger partial charge in [0, 0.05) is 17.6 Å². The van der Waals surface area contributed by atoms with Crippen LogP contribution >= 0.6 is 0 Å². The number of methoxy groups -OCH3 is 2. The van der Waals surface area contributed by atoms with E-state index in [4.69, 9.17) is 14.2 Å². The quantitative estimate of drug-likeness (QED) is 0.600. The minimum Gasteiger partial charge on any atom is -0.493 e. The van der Waals surface area contributed by atoms with Gasteiger partial charge in [-0.25, -0.2) is 0 Å². The molecule has 32 heavy (non-hydrogen) atoms.